The zero-order valence-corrected chi connectivity index (χ0v) is 69.1. The van der Waals surface area contributed by atoms with E-state index in [4.69, 9.17) is 91.3 Å². The highest BCUT2D eigenvalue weighted by atomic mass is 31.2. The fourth-order valence-electron chi connectivity index (χ4n) is 14.6. The number of fused-ring (bicyclic) bond motifs is 5. The highest BCUT2D eigenvalue weighted by molar-refractivity contribution is 7.51. The maximum atomic E-state index is 13.5. The molecule has 30 atom stereocenters. The van der Waals surface area contributed by atoms with Gasteiger partial charge in [-0.1, -0.05) is 108 Å². The van der Waals surface area contributed by atoms with Crippen LogP contribution in [0.3, 0.4) is 0 Å². The van der Waals surface area contributed by atoms with Crippen molar-refractivity contribution >= 4 is 43.9 Å². The third-order valence-electron chi connectivity index (χ3n) is 21.8. The number of hydrogen-bond acceptors (Lipinski definition) is 40. The van der Waals surface area contributed by atoms with Crippen LogP contribution in [0.1, 0.15) is 129 Å². The summed E-state index contributed by atoms with van der Waals surface area (Å²) in [6.45, 7) is 9.42. The number of nitrogens with zero attached hydrogens (tertiary/aromatic N) is 5. The predicted molar refractivity (Wildman–Crippen MR) is 405 cm³/mol. The molecular weight excluding hydrogens is 1650 g/mol. The van der Waals surface area contributed by atoms with Crippen LogP contribution in [0.4, 0.5) is 0 Å². The number of aliphatic hydroxyl groups is 14. The first-order valence-corrected chi connectivity index (χ1v) is 41.4. The summed E-state index contributed by atoms with van der Waals surface area (Å²) in [6.07, 6.45) is -20.7. The number of azide groups is 1. The van der Waals surface area contributed by atoms with E-state index in [0.717, 1.165) is 59.3 Å². The number of ketones is 1. The topological polar surface area (TPSA) is 698 Å². The van der Waals surface area contributed by atoms with Gasteiger partial charge >= 0.3 is 24.6 Å². The lowest BCUT2D eigenvalue weighted by molar-refractivity contribution is -0.327. The number of amides is 1. The van der Waals surface area contributed by atoms with Gasteiger partial charge in [-0.3, -0.25) is 9.59 Å². The molecule has 0 bridgehead atoms. The number of rotatable bonds is 32. The molecule has 4 aliphatic heterocycles. The molecule has 1 aromatic heterocycles. The SMILES string of the molecule is CC1C[C@H](OCC2O[C@H](OCCN=[N+]=[N-])C(O)[C@@H](O)[C@@H]2O)C(O[C@H]2OC(CO)[C@@H](O)[C@H](O)C2O)C[C@@H]1C.CCCO[C@H]1OC(CO[C@H]2CC(C)[C@@H](C)CC2O[C@H]2OC(CO)[C@@H](O)[C@H](O)C2O)[C@@H](O)[C@H](O)C1O.COP(=O)([O-])CCCCCCCNC(=O)CCC(=O)C1Cc2ccccc2-c2n[nH]nc2-c2ccccc21.O=C=O.O=C=O.O=C=O.O=C=O. The van der Waals surface area contributed by atoms with Gasteiger partial charge in [0.25, 0.3) is 0 Å². The number of H-pyrrole nitrogens is 1. The molecule has 2 aromatic carbocycles. The van der Waals surface area contributed by atoms with Crippen LogP contribution >= 0.6 is 7.60 Å². The van der Waals surface area contributed by atoms with Crippen LogP contribution in [0.15, 0.2) is 53.6 Å². The van der Waals surface area contributed by atoms with Gasteiger partial charge in [-0.25, -0.2) is 0 Å². The van der Waals surface area contributed by atoms with Crippen LogP contribution in [-0.2, 0) is 111 Å². The number of unbranched alkanes of at least 4 members (excludes halogenated alkanes) is 4. The first kappa shape index (κ1) is 107. The smallest absolute Gasteiger partial charge is 0.373 e. The molecule has 16 N–H and O–H groups in total. The van der Waals surface area contributed by atoms with Crippen molar-refractivity contribution in [2.45, 2.75) is 271 Å². The summed E-state index contributed by atoms with van der Waals surface area (Å²) in [5.41, 5.74) is 13.6. The van der Waals surface area contributed by atoms with Crippen LogP contribution in [0.2, 0.25) is 0 Å². The molecule has 10 rings (SSSR count). The van der Waals surface area contributed by atoms with Crippen LogP contribution in [-0.4, -0.2) is 336 Å². The highest BCUT2D eigenvalue weighted by Crippen LogP contribution is 2.43. The molecule has 14 unspecified atom stereocenters. The average Bonchev–Trinajstić information content (AvgIpc) is 1.52. The van der Waals surface area contributed by atoms with E-state index in [-0.39, 0.29) is 111 Å². The monoisotopic (exact) mass is 1760 g/mol. The molecule has 44 nitrogen and oxygen atoms in total. The number of hydrogen-bond donors (Lipinski definition) is 16. The lowest BCUT2D eigenvalue weighted by Gasteiger charge is -2.45. The average molecular weight is 1760 g/mol. The van der Waals surface area contributed by atoms with Crippen LogP contribution in [0, 0.1) is 23.7 Å². The Kier molecular flexibility index (Phi) is 49.1. The maximum Gasteiger partial charge on any atom is 0.373 e. The Labute approximate surface area is 701 Å². The van der Waals surface area contributed by atoms with Gasteiger partial charge in [0, 0.05) is 67.8 Å². The van der Waals surface area contributed by atoms with Crippen LogP contribution in [0.25, 0.3) is 33.0 Å². The summed E-state index contributed by atoms with van der Waals surface area (Å²) in [5, 5.41) is 159. The van der Waals surface area contributed by atoms with E-state index in [1.807, 2.05) is 69.3 Å². The van der Waals surface area contributed by atoms with Crippen molar-refractivity contribution in [3.63, 3.8) is 0 Å². The van der Waals surface area contributed by atoms with Gasteiger partial charge in [-0.2, -0.15) is 53.8 Å². The van der Waals surface area contributed by atoms with Crippen LogP contribution in [0.5, 0.6) is 0 Å². The van der Waals surface area contributed by atoms with E-state index >= 15 is 0 Å². The van der Waals surface area contributed by atoms with Crippen LogP contribution < -0.4 is 10.2 Å². The minimum atomic E-state index is -3.67. The number of nitrogens with one attached hydrogen (secondary N) is 2. The lowest BCUT2D eigenvalue weighted by atomic mass is 9.78. The number of Topliss-reactive ketones (excluding diaryl/α,β-unsaturated/α-hetero) is 1. The molecule has 686 valence electrons. The van der Waals surface area contributed by atoms with E-state index in [1.165, 1.54) is 7.11 Å². The van der Waals surface area contributed by atoms with Gasteiger partial charge in [0.05, 0.1) is 57.5 Å². The highest BCUT2D eigenvalue weighted by Gasteiger charge is 2.51. The molecule has 2 saturated carbocycles. The van der Waals surface area contributed by atoms with E-state index in [1.54, 1.807) is 0 Å². The van der Waals surface area contributed by atoms with Crippen molar-refractivity contribution in [1.82, 2.24) is 20.7 Å². The minimum absolute atomic E-state index is 0.0159. The minimum Gasteiger partial charge on any atom is -0.779 e. The summed E-state index contributed by atoms with van der Waals surface area (Å²) in [5.74, 6) is 0.501. The fourth-order valence-corrected chi connectivity index (χ4v) is 15.4. The van der Waals surface area contributed by atoms with Crippen molar-refractivity contribution in [1.29, 1.82) is 0 Å². The molecule has 6 fully saturated rings. The van der Waals surface area contributed by atoms with Gasteiger partial charge in [0.15, 0.2) is 25.2 Å². The molecule has 4 saturated heterocycles. The van der Waals surface area contributed by atoms with Crippen molar-refractivity contribution in [2.24, 2.45) is 28.8 Å². The Morgan fingerprint density at radius 2 is 0.934 bits per heavy atom. The Hall–Kier alpha value is -7.26. The molecule has 1 amide bonds. The molecule has 45 heteroatoms. The zero-order chi connectivity index (χ0) is 90.9. The Balaban J connectivity index is 0.000000360. The van der Waals surface area contributed by atoms with E-state index in [2.05, 4.69) is 49.1 Å². The number of carbonyl (C=O) groups excluding carboxylic acids is 10. The Morgan fingerprint density at radius 1 is 0.541 bits per heavy atom. The van der Waals surface area contributed by atoms with Crippen molar-refractivity contribution in [3.05, 3.63) is 70.1 Å². The second kappa shape index (κ2) is 56.0. The van der Waals surface area contributed by atoms with Gasteiger partial charge < -0.3 is 138 Å². The second-order valence-electron chi connectivity index (χ2n) is 30.0. The van der Waals surface area contributed by atoms with Gasteiger partial charge in [0.1, 0.15) is 122 Å². The lowest BCUT2D eigenvalue weighted by Crippen LogP contribution is -2.61. The Bertz CT molecular complexity index is 3740. The molecule has 0 spiro atoms. The van der Waals surface area contributed by atoms with Crippen molar-refractivity contribution < 1.29 is 181 Å². The number of aliphatic hydroxyl groups excluding tert-OH is 14. The normalized spacial score (nSPS) is 33.5. The molecule has 3 aliphatic carbocycles. The first-order valence-electron chi connectivity index (χ1n) is 39.7. The standard InChI is InChI=1S/C28H35N4O5P.C23H42O12.C22H39N3O12.4CO2/c1-37-38(35,36)18-10-4-2-3-9-17-29-26(34)16-15-25(33)24-19-20-11-5-6-12-21(20)27-28(31-32-30-27)23-14-8-7-13-22(23)24;1-4-5-31-22-20(29)19(28)17(26)15(35-22)9-32-12-6-10(2)11(3)7-13(12)33-23-21(30)18(27)16(25)14(8-24)34-23;1-9-5-11(12(6-10(9)2)35-22-20(32)17(29)15(27)13(7-26)36-22)34-8-14-16(28)18(30)19(31)21(37-14)33-4-3-24-25-23;4*2-1-3/h5-8,11-14,24H,2-4,9-10,15-19H2,1H3,(H,29,34)(H,35,36)(H,30,31,32);10-30H,4-9H2,1-3H3;9-22,26-32H,3-8H2,1-2H3;;;;/p-1/t;10?,11-,12-,13?,14?,15?,16+,17+,18-,19-,20?,21?,22-,23-;9?,10-,11-,12?,13?,14?,15+,16+,17-,18-,19?,20?,21-,22-;;;;/m.00..../s1. The fraction of sp³-hybridized carbons (Fsp3) is 0.740. The summed E-state index contributed by atoms with van der Waals surface area (Å²) < 4.78 is 73.0. The van der Waals surface area contributed by atoms with E-state index in [9.17, 15) is 90.5 Å². The second-order valence-corrected chi connectivity index (χ2v) is 32.1. The number of benzene rings is 2. The van der Waals surface area contributed by atoms with E-state index in [0.29, 0.717) is 58.1 Å². The summed E-state index contributed by atoms with van der Waals surface area (Å²) in [4.78, 5) is 105. The quantitative estimate of drug-likeness (QED) is 0.0103. The molecule has 3 aromatic rings. The Morgan fingerprint density at radius 3 is 1.39 bits per heavy atom. The van der Waals surface area contributed by atoms with Gasteiger partial charge in [0.2, 0.25) is 5.91 Å². The third-order valence-corrected chi connectivity index (χ3v) is 23.3. The number of aromatic amines is 1. The molecule has 5 heterocycles. The van der Waals surface area contributed by atoms with E-state index < -0.39 is 168 Å². The summed E-state index contributed by atoms with van der Waals surface area (Å²) in [7, 11) is -2.48. The number of ether oxygens (including phenoxy) is 10. The number of aromatic nitrogens is 3. The zero-order valence-electron chi connectivity index (χ0n) is 68.3. The van der Waals surface area contributed by atoms with Crippen molar-refractivity contribution in [2.75, 3.05) is 66.0 Å². The predicted octanol–water partition coefficient (Wildman–Crippen LogP) is -2.33. The van der Waals surface area contributed by atoms with Gasteiger partial charge in [-0.05, 0) is 91.7 Å². The first-order chi connectivity index (χ1) is 58.2. The van der Waals surface area contributed by atoms with Crippen molar-refractivity contribution in [3.8, 4) is 22.5 Å². The molecule has 0 radical (unpaired) electrons. The third kappa shape index (κ3) is 32.3. The largest absolute Gasteiger partial charge is 0.779 e. The molecule has 7 aliphatic rings. The molecular formula is C77H115N7O37P-. The summed E-state index contributed by atoms with van der Waals surface area (Å²) in [6, 6.07) is 15.7. The summed E-state index contributed by atoms with van der Waals surface area (Å²) >= 11 is 0. The number of carbonyl (C=O) groups is 2. The van der Waals surface area contributed by atoms with Gasteiger partial charge in [-0.15, -0.1) is 0 Å². The molecule has 122 heavy (non-hydrogen) atoms. The maximum absolute atomic E-state index is 13.5.